The third-order valence-corrected chi connectivity index (χ3v) is 2.76. The maximum absolute atomic E-state index is 10.9. The molecule has 0 saturated carbocycles. The molecule has 0 N–H and O–H groups in total. The van der Waals surface area contributed by atoms with Gasteiger partial charge < -0.3 is 14.2 Å². The third-order valence-electron chi connectivity index (χ3n) is 2.76. The van der Waals surface area contributed by atoms with Crippen LogP contribution in [0.15, 0.2) is 24.3 Å². The van der Waals surface area contributed by atoms with E-state index in [1.54, 1.807) is 13.8 Å². The van der Waals surface area contributed by atoms with E-state index in [-0.39, 0.29) is 23.5 Å². The largest absolute Gasteiger partial charge is 0.462 e. The lowest BCUT2D eigenvalue weighted by atomic mass is 9.99. The molecule has 0 amide bonds. The van der Waals surface area contributed by atoms with Crippen LogP contribution in [0.25, 0.3) is 0 Å². The van der Waals surface area contributed by atoms with E-state index >= 15 is 0 Å². The summed E-state index contributed by atoms with van der Waals surface area (Å²) in [5, 5.41) is 0. The number of carbonyl (C=O) groups excluding carboxylic acids is 2. The maximum Gasteiger partial charge on any atom is 0.333 e. The zero-order valence-corrected chi connectivity index (χ0v) is 15.1. The van der Waals surface area contributed by atoms with Crippen molar-refractivity contribution in [2.24, 2.45) is 5.41 Å². The molecule has 5 heteroatoms. The highest BCUT2D eigenvalue weighted by Gasteiger charge is 2.17. The van der Waals surface area contributed by atoms with Crippen molar-refractivity contribution in [2.75, 3.05) is 19.8 Å². The highest BCUT2D eigenvalue weighted by molar-refractivity contribution is 5.87. The molecule has 1 aliphatic heterocycles. The minimum atomic E-state index is -0.328. The molecule has 1 aliphatic rings. The van der Waals surface area contributed by atoms with Crippen LogP contribution in [0, 0.1) is 5.41 Å². The summed E-state index contributed by atoms with van der Waals surface area (Å²) in [5.41, 5.74) is 0.924. The van der Waals surface area contributed by atoms with E-state index in [9.17, 15) is 9.59 Å². The lowest BCUT2D eigenvalue weighted by molar-refractivity contribution is -0.142. The van der Waals surface area contributed by atoms with Crippen molar-refractivity contribution in [1.82, 2.24) is 0 Å². The van der Waals surface area contributed by atoms with Crippen LogP contribution in [0.4, 0.5) is 0 Å². The molecule has 0 aliphatic carbocycles. The van der Waals surface area contributed by atoms with Crippen LogP contribution in [0.3, 0.4) is 0 Å². The van der Waals surface area contributed by atoms with Crippen LogP contribution in [0.2, 0.25) is 0 Å². The summed E-state index contributed by atoms with van der Waals surface area (Å²) in [6.07, 6.45) is 2.16. The van der Waals surface area contributed by atoms with Gasteiger partial charge in [-0.2, -0.15) is 0 Å². The van der Waals surface area contributed by atoms with Crippen LogP contribution in [-0.2, 0) is 23.8 Å². The summed E-state index contributed by atoms with van der Waals surface area (Å²) in [5.74, 6) is -0.634. The fourth-order valence-corrected chi connectivity index (χ4v) is 1.47. The summed E-state index contributed by atoms with van der Waals surface area (Å²) >= 11 is 0. The molecular formula is C18H30O5. The monoisotopic (exact) mass is 326 g/mol. The molecular weight excluding hydrogens is 296 g/mol. The molecule has 23 heavy (non-hydrogen) atoms. The Morgan fingerprint density at radius 3 is 2.00 bits per heavy atom. The van der Waals surface area contributed by atoms with Gasteiger partial charge in [0.05, 0.1) is 12.7 Å². The van der Waals surface area contributed by atoms with Gasteiger partial charge in [0, 0.05) is 17.8 Å². The summed E-state index contributed by atoms with van der Waals surface area (Å²) < 4.78 is 15.1. The Morgan fingerprint density at radius 1 is 1.09 bits per heavy atom. The van der Waals surface area contributed by atoms with Crippen LogP contribution in [0.5, 0.6) is 0 Å². The van der Waals surface area contributed by atoms with Gasteiger partial charge in [0.1, 0.15) is 6.61 Å². The van der Waals surface area contributed by atoms with Crippen molar-refractivity contribution in [3.63, 3.8) is 0 Å². The van der Waals surface area contributed by atoms with Gasteiger partial charge in [-0.05, 0) is 32.1 Å². The highest BCUT2D eigenvalue weighted by atomic mass is 16.6. The molecule has 1 heterocycles. The molecule has 0 aromatic heterocycles. The van der Waals surface area contributed by atoms with Crippen molar-refractivity contribution < 1.29 is 23.8 Å². The molecule has 0 aromatic carbocycles. The Hall–Kier alpha value is -1.62. The van der Waals surface area contributed by atoms with E-state index in [1.165, 1.54) is 0 Å². The standard InChI is InChI=1S/C9H14O3.C9H16O2/c1-7(2)9(10)12-6-8-4-3-5-11-8;1-7(2)8(10)11-6-9(3,4)5/h8H,1,3-6H2,2H3;1,6H2,2-5H3. The van der Waals surface area contributed by atoms with Crippen molar-refractivity contribution in [2.45, 2.75) is 53.6 Å². The first-order valence-corrected chi connectivity index (χ1v) is 7.80. The summed E-state index contributed by atoms with van der Waals surface area (Å²) in [6.45, 7) is 17.9. The van der Waals surface area contributed by atoms with Gasteiger partial charge in [0.2, 0.25) is 0 Å². The van der Waals surface area contributed by atoms with Crippen LogP contribution < -0.4 is 0 Å². The molecule has 0 radical (unpaired) electrons. The second kappa shape index (κ2) is 10.2. The molecule has 0 aromatic rings. The molecule has 132 valence electrons. The smallest absolute Gasteiger partial charge is 0.333 e. The maximum atomic E-state index is 10.9. The summed E-state index contributed by atoms with van der Waals surface area (Å²) in [6, 6.07) is 0. The molecule has 0 spiro atoms. The molecule has 1 unspecified atom stereocenters. The zero-order valence-electron chi connectivity index (χ0n) is 15.1. The number of rotatable bonds is 5. The normalized spacial score (nSPS) is 16.8. The molecule has 1 rings (SSSR count). The first kappa shape index (κ1) is 21.4. The Morgan fingerprint density at radius 2 is 1.61 bits per heavy atom. The molecule has 5 nitrogen and oxygen atoms in total. The molecule has 0 bridgehead atoms. The number of ether oxygens (including phenoxy) is 3. The van der Waals surface area contributed by atoms with E-state index in [1.807, 2.05) is 20.8 Å². The van der Waals surface area contributed by atoms with Crippen LogP contribution >= 0.6 is 0 Å². The van der Waals surface area contributed by atoms with Gasteiger partial charge in [0.25, 0.3) is 0 Å². The van der Waals surface area contributed by atoms with Crippen molar-refractivity contribution in [3.05, 3.63) is 24.3 Å². The first-order chi connectivity index (χ1) is 10.5. The molecule has 1 fully saturated rings. The highest BCUT2D eigenvalue weighted by Crippen LogP contribution is 2.13. The average Bonchev–Trinajstić information content (AvgIpc) is 2.94. The lowest BCUT2D eigenvalue weighted by Gasteiger charge is -2.17. The van der Waals surface area contributed by atoms with Gasteiger partial charge in [0.15, 0.2) is 0 Å². The number of hydrogen-bond acceptors (Lipinski definition) is 5. The predicted molar refractivity (Wildman–Crippen MR) is 90.0 cm³/mol. The van der Waals surface area contributed by atoms with E-state index < -0.39 is 0 Å². The fraction of sp³-hybridized carbons (Fsp3) is 0.667. The molecule has 1 saturated heterocycles. The zero-order chi connectivity index (χ0) is 18.0. The van der Waals surface area contributed by atoms with Gasteiger partial charge >= 0.3 is 11.9 Å². The lowest BCUT2D eigenvalue weighted by Crippen LogP contribution is -2.18. The van der Waals surface area contributed by atoms with Gasteiger partial charge in [-0.15, -0.1) is 0 Å². The van der Waals surface area contributed by atoms with Gasteiger partial charge in [-0.1, -0.05) is 33.9 Å². The summed E-state index contributed by atoms with van der Waals surface area (Å²) in [7, 11) is 0. The average molecular weight is 326 g/mol. The minimum absolute atomic E-state index is 0.0328. The van der Waals surface area contributed by atoms with E-state index in [2.05, 4.69) is 13.2 Å². The van der Waals surface area contributed by atoms with Gasteiger partial charge in [-0.3, -0.25) is 0 Å². The van der Waals surface area contributed by atoms with Crippen molar-refractivity contribution in [1.29, 1.82) is 0 Å². The molecule has 1 atom stereocenters. The SMILES string of the molecule is C=C(C)C(=O)OCC(C)(C)C.C=C(C)C(=O)OCC1CCCO1. The summed E-state index contributed by atoms with van der Waals surface area (Å²) in [4.78, 5) is 21.8. The van der Waals surface area contributed by atoms with Crippen molar-refractivity contribution >= 4 is 11.9 Å². The Labute approximate surface area is 139 Å². The second-order valence-electron chi connectivity index (χ2n) is 6.93. The first-order valence-electron chi connectivity index (χ1n) is 7.80. The number of esters is 2. The van der Waals surface area contributed by atoms with Gasteiger partial charge in [-0.25, -0.2) is 9.59 Å². The topological polar surface area (TPSA) is 61.8 Å². The predicted octanol–water partition coefficient (Wildman–Crippen LogP) is 3.44. The number of hydrogen-bond donors (Lipinski definition) is 0. The fourth-order valence-electron chi connectivity index (χ4n) is 1.47. The van der Waals surface area contributed by atoms with Crippen LogP contribution in [0.1, 0.15) is 47.5 Å². The van der Waals surface area contributed by atoms with E-state index in [0.717, 1.165) is 19.4 Å². The Bertz CT molecular complexity index is 425. The second-order valence-corrected chi connectivity index (χ2v) is 6.93. The number of carbonyl (C=O) groups is 2. The van der Waals surface area contributed by atoms with Crippen molar-refractivity contribution in [3.8, 4) is 0 Å². The van der Waals surface area contributed by atoms with E-state index in [4.69, 9.17) is 14.2 Å². The quantitative estimate of drug-likeness (QED) is 0.572. The van der Waals surface area contributed by atoms with E-state index in [0.29, 0.717) is 24.4 Å². The Balaban J connectivity index is 0.000000423. The van der Waals surface area contributed by atoms with Crippen LogP contribution in [-0.4, -0.2) is 37.9 Å². The minimum Gasteiger partial charge on any atom is -0.462 e. The Kier molecular flexibility index (Phi) is 9.49. The third kappa shape index (κ3) is 11.6.